The summed E-state index contributed by atoms with van der Waals surface area (Å²) in [5, 5.41) is 0. The van der Waals surface area contributed by atoms with E-state index in [4.69, 9.17) is 4.74 Å². The monoisotopic (exact) mass is 233 g/mol. The number of unbranched alkanes of at least 4 members (excludes halogenated alkanes) is 2. The van der Waals surface area contributed by atoms with Gasteiger partial charge in [0.2, 0.25) is 0 Å². The van der Waals surface area contributed by atoms with E-state index < -0.39 is 0 Å². The van der Waals surface area contributed by atoms with Crippen LogP contribution in [0, 0.1) is 0 Å². The van der Waals surface area contributed by atoms with E-state index in [0.717, 1.165) is 37.2 Å². The van der Waals surface area contributed by atoms with Crippen molar-refractivity contribution in [3.05, 3.63) is 24.3 Å². The predicted molar refractivity (Wildman–Crippen MR) is 68.4 cm³/mol. The fraction of sp³-hybridized carbons (Fsp3) is 0.500. The summed E-state index contributed by atoms with van der Waals surface area (Å²) in [7, 11) is 0. The van der Waals surface area contributed by atoms with Crippen LogP contribution in [0.3, 0.4) is 0 Å². The van der Waals surface area contributed by atoms with E-state index >= 15 is 0 Å². The van der Waals surface area contributed by atoms with Gasteiger partial charge in [0.1, 0.15) is 5.75 Å². The molecule has 1 aliphatic rings. The smallest absolute Gasteiger partial charge is 0.267 e. The van der Waals surface area contributed by atoms with Crippen molar-refractivity contribution in [2.24, 2.45) is 0 Å². The predicted octanol–water partition coefficient (Wildman–Crippen LogP) is 2.99. The van der Waals surface area contributed by atoms with E-state index in [0.29, 0.717) is 0 Å². The van der Waals surface area contributed by atoms with Crippen LogP contribution in [0.5, 0.6) is 5.75 Å². The zero-order valence-electron chi connectivity index (χ0n) is 10.5. The highest BCUT2D eigenvalue weighted by atomic mass is 16.5. The van der Waals surface area contributed by atoms with Crippen LogP contribution in [0.2, 0.25) is 0 Å². The first-order valence-corrected chi connectivity index (χ1v) is 6.31. The summed E-state index contributed by atoms with van der Waals surface area (Å²) in [6, 6.07) is 7.75. The topological polar surface area (TPSA) is 29.5 Å². The lowest BCUT2D eigenvalue weighted by atomic mass is 10.1. The molecule has 1 atom stereocenters. The maximum atomic E-state index is 12.1. The number of rotatable bonds is 4. The summed E-state index contributed by atoms with van der Waals surface area (Å²) >= 11 is 0. The van der Waals surface area contributed by atoms with Gasteiger partial charge in [0.05, 0.1) is 5.69 Å². The maximum absolute atomic E-state index is 12.1. The number of anilines is 1. The highest BCUT2D eigenvalue weighted by Crippen LogP contribution is 2.33. The number of para-hydroxylation sites is 2. The first-order chi connectivity index (χ1) is 8.24. The molecule has 1 aromatic rings. The summed E-state index contributed by atoms with van der Waals surface area (Å²) in [6.45, 7) is 4.76. The Morgan fingerprint density at radius 2 is 2.06 bits per heavy atom. The normalized spacial score (nSPS) is 18.8. The van der Waals surface area contributed by atoms with Crippen molar-refractivity contribution in [3.63, 3.8) is 0 Å². The summed E-state index contributed by atoms with van der Waals surface area (Å²) in [5.74, 6) is 0.885. The number of ether oxygens (including phenoxy) is 1. The molecule has 0 N–H and O–H groups in total. The van der Waals surface area contributed by atoms with E-state index in [-0.39, 0.29) is 12.0 Å². The maximum Gasteiger partial charge on any atom is 0.267 e. The third kappa shape index (κ3) is 2.43. The van der Waals surface area contributed by atoms with Crippen LogP contribution in [0.15, 0.2) is 24.3 Å². The van der Waals surface area contributed by atoms with Gasteiger partial charge in [-0.2, -0.15) is 0 Å². The molecule has 1 aliphatic heterocycles. The van der Waals surface area contributed by atoms with Crippen molar-refractivity contribution in [1.29, 1.82) is 0 Å². The van der Waals surface area contributed by atoms with Gasteiger partial charge in [0, 0.05) is 6.54 Å². The first kappa shape index (κ1) is 12.0. The molecule has 3 heteroatoms. The number of benzene rings is 1. The average Bonchev–Trinajstić information content (AvgIpc) is 2.34. The van der Waals surface area contributed by atoms with Crippen molar-refractivity contribution in [1.82, 2.24) is 0 Å². The molecule has 1 unspecified atom stereocenters. The second kappa shape index (κ2) is 5.21. The van der Waals surface area contributed by atoms with Crippen molar-refractivity contribution in [3.8, 4) is 5.75 Å². The van der Waals surface area contributed by atoms with E-state index in [1.807, 2.05) is 36.1 Å². The van der Waals surface area contributed by atoms with Crippen molar-refractivity contribution in [2.75, 3.05) is 11.4 Å². The second-order valence-corrected chi connectivity index (χ2v) is 4.42. The van der Waals surface area contributed by atoms with Crippen LogP contribution in [0.4, 0.5) is 5.69 Å². The van der Waals surface area contributed by atoms with Crippen molar-refractivity contribution in [2.45, 2.75) is 39.2 Å². The number of carbonyl (C=O) groups is 1. The van der Waals surface area contributed by atoms with E-state index in [1.165, 1.54) is 0 Å². The molecule has 1 heterocycles. The van der Waals surface area contributed by atoms with Gasteiger partial charge in [-0.15, -0.1) is 0 Å². The molecule has 0 radical (unpaired) electrons. The average molecular weight is 233 g/mol. The Bertz CT molecular complexity index is 403. The van der Waals surface area contributed by atoms with Gasteiger partial charge in [-0.25, -0.2) is 0 Å². The van der Waals surface area contributed by atoms with E-state index in [9.17, 15) is 4.79 Å². The van der Waals surface area contributed by atoms with Crippen molar-refractivity contribution < 1.29 is 9.53 Å². The Hall–Kier alpha value is -1.51. The third-order valence-electron chi connectivity index (χ3n) is 3.06. The molecule has 1 amide bonds. The molecule has 0 aliphatic carbocycles. The van der Waals surface area contributed by atoms with Gasteiger partial charge in [-0.1, -0.05) is 31.9 Å². The molecule has 17 heavy (non-hydrogen) atoms. The molecule has 0 aromatic heterocycles. The Morgan fingerprint density at radius 1 is 1.29 bits per heavy atom. The first-order valence-electron chi connectivity index (χ1n) is 6.31. The molecule has 0 spiro atoms. The van der Waals surface area contributed by atoms with Crippen LogP contribution in [0.25, 0.3) is 0 Å². The van der Waals surface area contributed by atoms with Crippen LogP contribution in [0.1, 0.15) is 33.1 Å². The number of carbonyl (C=O) groups excluding carboxylic acids is 1. The Balaban J connectivity index is 2.20. The number of hydrogen-bond acceptors (Lipinski definition) is 2. The lowest BCUT2D eigenvalue weighted by molar-refractivity contribution is -0.125. The molecule has 0 fully saturated rings. The summed E-state index contributed by atoms with van der Waals surface area (Å²) in [5.41, 5.74) is 0.909. The molecular weight excluding hydrogens is 214 g/mol. The minimum Gasteiger partial charge on any atom is -0.479 e. The molecule has 3 nitrogen and oxygen atoms in total. The lowest BCUT2D eigenvalue weighted by Crippen LogP contribution is -2.44. The molecular formula is C14H19NO2. The zero-order chi connectivity index (χ0) is 12.3. The summed E-state index contributed by atoms with van der Waals surface area (Å²) in [4.78, 5) is 13.9. The molecule has 0 saturated heterocycles. The minimum atomic E-state index is -0.369. The number of hydrogen-bond donors (Lipinski definition) is 0. The van der Waals surface area contributed by atoms with E-state index in [1.54, 1.807) is 0 Å². The Morgan fingerprint density at radius 3 is 2.82 bits per heavy atom. The zero-order valence-corrected chi connectivity index (χ0v) is 10.5. The van der Waals surface area contributed by atoms with Crippen LogP contribution < -0.4 is 9.64 Å². The fourth-order valence-electron chi connectivity index (χ4n) is 2.11. The quantitative estimate of drug-likeness (QED) is 0.748. The van der Waals surface area contributed by atoms with Gasteiger partial charge in [-0.3, -0.25) is 4.79 Å². The number of fused-ring (bicyclic) bond motifs is 1. The highest BCUT2D eigenvalue weighted by Gasteiger charge is 2.30. The van der Waals surface area contributed by atoms with Crippen LogP contribution in [-0.2, 0) is 4.79 Å². The highest BCUT2D eigenvalue weighted by molar-refractivity contribution is 5.99. The van der Waals surface area contributed by atoms with Gasteiger partial charge in [0.15, 0.2) is 6.10 Å². The SMILES string of the molecule is CCCCCN1C(=O)C(C)Oc2ccccc21. The fourth-order valence-corrected chi connectivity index (χ4v) is 2.11. The van der Waals surface area contributed by atoms with E-state index in [2.05, 4.69) is 6.92 Å². The molecule has 0 bridgehead atoms. The lowest BCUT2D eigenvalue weighted by Gasteiger charge is -2.33. The molecule has 1 aromatic carbocycles. The molecule has 92 valence electrons. The van der Waals surface area contributed by atoms with Crippen LogP contribution >= 0.6 is 0 Å². The number of amides is 1. The second-order valence-electron chi connectivity index (χ2n) is 4.42. The summed E-state index contributed by atoms with van der Waals surface area (Å²) in [6.07, 6.45) is 2.99. The molecule has 0 saturated carbocycles. The van der Waals surface area contributed by atoms with Gasteiger partial charge in [0.25, 0.3) is 5.91 Å². The van der Waals surface area contributed by atoms with Crippen molar-refractivity contribution >= 4 is 11.6 Å². The number of nitrogens with zero attached hydrogens (tertiary/aromatic N) is 1. The standard InChI is InChI=1S/C14H19NO2/c1-3-4-7-10-15-12-8-5-6-9-13(12)17-11(2)14(15)16/h5-6,8-9,11H,3-4,7,10H2,1-2H3. The Kier molecular flexibility index (Phi) is 3.67. The Labute approximate surface area is 102 Å². The molecule has 2 rings (SSSR count). The minimum absolute atomic E-state index is 0.0693. The van der Waals surface area contributed by atoms with Gasteiger partial charge >= 0.3 is 0 Å². The summed E-state index contributed by atoms with van der Waals surface area (Å²) < 4.78 is 5.59. The van der Waals surface area contributed by atoms with Gasteiger partial charge in [-0.05, 0) is 25.5 Å². The van der Waals surface area contributed by atoms with Gasteiger partial charge < -0.3 is 9.64 Å². The van der Waals surface area contributed by atoms with Crippen LogP contribution in [-0.4, -0.2) is 18.6 Å². The third-order valence-corrected chi connectivity index (χ3v) is 3.06. The largest absolute Gasteiger partial charge is 0.479 e.